The Balaban J connectivity index is 1.83. The second kappa shape index (κ2) is 6.63. The third-order valence-electron chi connectivity index (χ3n) is 2.87. The van der Waals surface area contributed by atoms with E-state index >= 15 is 0 Å². The van der Waals surface area contributed by atoms with E-state index in [9.17, 15) is 4.79 Å². The molecule has 0 fully saturated rings. The highest BCUT2D eigenvalue weighted by atomic mass is 16.1. The first kappa shape index (κ1) is 14.7. The molecule has 7 heteroatoms. The summed E-state index contributed by atoms with van der Waals surface area (Å²) in [5.74, 6) is 0.478. The number of rotatable bonds is 5. The fraction of sp³-hybridized carbons (Fsp3) is 0.286. The Kier molecular flexibility index (Phi) is 4.64. The van der Waals surface area contributed by atoms with Gasteiger partial charge in [-0.15, -0.1) is 0 Å². The zero-order valence-corrected chi connectivity index (χ0v) is 11.9. The smallest absolute Gasteiger partial charge is 0.238 e. The third-order valence-corrected chi connectivity index (χ3v) is 2.87. The lowest BCUT2D eigenvalue weighted by Gasteiger charge is -2.10. The largest absolute Gasteiger partial charge is 0.325 e. The normalized spacial score (nSPS) is 11.7. The number of benzene rings is 1. The van der Waals surface area contributed by atoms with Gasteiger partial charge in [0.1, 0.15) is 6.33 Å². The van der Waals surface area contributed by atoms with Gasteiger partial charge < -0.3 is 5.32 Å². The quantitative estimate of drug-likeness (QED) is 0.853. The lowest BCUT2D eigenvalue weighted by atomic mass is 10.2. The maximum absolute atomic E-state index is 11.8. The Bertz CT molecular complexity index is 655. The van der Waals surface area contributed by atoms with Gasteiger partial charge in [0.25, 0.3) is 0 Å². The van der Waals surface area contributed by atoms with Gasteiger partial charge in [-0.05, 0) is 31.2 Å². The molecular weight excluding hydrogens is 268 g/mol. The van der Waals surface area contributed by atoms with Crippen LogP contribution >= 0.6 is 0 Å². The molecule has 1 aromatic carbocycles. The van der Waals surface area contributed by atoms with E-state index in [4.69, 9.17) is 5.26 Å². The summed E-state index contributed by atoms with van der Waals surface area (Å²) in [7, 11) is 1.79. The second-order valence-corrected chi connectivity index (χ2v) is 4.62. The molecule has 2 rings (SSSR count). The van der Waals surface area contributed by atoms with Gasteiger partial charge in [-0.1, -0.05) is 0 Å². The lowest BCUT2D eigenvalue weighted by molar-refractivity contribution is -0.115. The molecule has 0 aliphatic rings. The standard InChI is InChI=1S/C14H16N6O/c1-10(14-17-9-20(2)19-14)16-8-13(21)18-12-5-3-11(7-15)4-6-12/h3-6,9-10,16H,8H2,1-2H3,(H,18,21). The van der Waals surface area contributed by atoms with E-state index in [2.05, 4.69) is 20.7 Å². The van der Waals surface area contributed by atoms with E-state index < -0.39 is 0 Å². The molecule has 0 saturated heterocycles. The molecule has 0 aliphatic carbocycles. The topological polar surface area (TPSA) is 95.6 Å². The van der Waals surface area contributed by atoms with E-state index in [0.29, 0.717) is 17.1 Å². The van der Waals surface area contributed by atoms with Crippen LogP contribution in [0.2, 0.25) is 0 Å². The van der Waals surface area contributed by atoms with Crippen LogP contribution in [-0.2, 0) is 11.8 Å². The van der Waals surface area contributed by atoms with Gasteiger partial charge in [-0.3, -0.25) is 14.8 Å². The Labute approximate surface area is 122 Å². The monoisotopic (exact) mass is 284 g/mol. The molecule has 0 saturated carbocycles. The average Bonchev–Trinajstić information content (AvgIpc) is 2.92. The summed E-state index contributed by atoms with van der Waals surface area (Å²) in [6, 6.07) is 8.62. The zero-order valence-electron chi connectivity index (χ0n) is 11.9. The number of amides is 1. The Morgan fingerprint density at radius 2 is 2.14 bits per heavy atom. The van der Waals surface area contributed by atoms with Crippen molar-refractivity contribution in [3.8, 4) is 6.07 Å². The Morgan fingerprint density at radius 1 is 1.43 bits per heavy atom. The molecule has 0 radical (unpaired) electrons. The third kappa shape index (κ3) is 4.12. The first-order valence-corrected chi connectivity index (χ1v) is 6.47. The molecule has 1 aromatic heterocycles. The highest BCUT2D eigenvalue weighted by molar-refractivity contribution is 5.92. The van der Waals surface area contributed by atoms with Gasteiger partial charge in [-0.25, -0.2) is 4.98 Å². The molecule has 1 unspecified atom stereocenters. The van der Waals surface area contributed by atoms with Gasteiger partial charge in [0, 0.05) is 12.7 Å². The van der Waals surface area contributed by atoms with E-state index in [0.717, 1.165) is 0 Å². The number of nitriles is 1. The van der Waals surface area contributed by atoms with Crippen LogP contribution in [0, 0.1) is 11.3 Å². The summed E-state index contributed by atoms with van der Waals surface area (Å²) in [4.78, 5) is 15.9. The van der Waals surface area contributed by atoms with Crippen molar-refractivity contribution >= 4 is 11.6 Å². The van der Waals surface area contributed by atoms with Crippen LogP contribution in [0.15, 0.2) is 30.6 Å². The average molecular weight is 284 g/mol. The molecule has 0 bridgehead atoms. The molecule has 1 atom stereocenters. The summed E-state index contributed by atoms with van der Waals surface area (Å²) in [6.07, 6.45) is 1.62. The first-order valence-electron chi connectivity index (χ1n) is 6.47. The van der Waals surface area contributed by atoms with Crippen molar-refractivity contribution in [3.63, 3.8) is 0 Å². The van der Waals surface area contributed by atoms with Gasteiger partial charge >= 0.3 is 0 Å². The molecule has 1 heterocycles. The molecule has 108 valence electrons. The summed E-state index contributed by atoms with van der Waals surface area (Å²) >= 11 is 0. The number of aryl methyl sites for hydroxylation is 1. The van der Waals surface area contributed by atoms with Crippen LogP contribution < -0.4 is 10.6 Å². The Hall–Kier alpha value is -2.72. The number of nitrogens with one attached hydrogen (secondary N) is 2. The molecule has 2 N–H and O–H groups in total. The summed E-state index contributed by atoms with van der Waals surface area (Å²) in [6.45, 7) is 2.05. The minimum absolute atomic E-state index is 0.113. The van der Waals surface area contributed by atoms with Crippen molar-refractivity contribution in [2.45, 2.75) is 13.0 Å². The van der Waals surface area contributed by atoms with E-state index in [-0.39, 0.29) is 18.5 Å². The summed E-state index contributed by atoms with van der Waals surface area (Å²) < 4.78 is 1.62. The number of nitrogens with zero attached hydrogens (tertiary/aromatic N) is 4. The van der Waals surface area contributed by atoms with Gasteiger partial charge in [0.05, 0.1) is 24.2 Å². The lowest BCUT2D eigenvalue weighted by Crippen LogP contribution is -2.30. The van der Waals surface area contributed by atoms with E-state index in [1.165, 1.54) is 0 Å². The van der Waals surface area contributed by atoms with Crippen LogP contribution in [0.4, 0.5) is 5.69 Å². The minimum atomic E-state index is -0.164. The number of hydrogen-bond donors (Lipinski definition) is 2. The van der Waals surface area contributed by atoms with Crippen LogP contribution in [0.3, 0.4) is 0 Å². The maximum Gasteiger partial charge on any atom is 0.238 e. The predicted molar refractivity (Wildman–Crippen MR) is 77.2 cm³/mol. The molecule has 21 heavy (non-hydrogen) atoms. The minimum Gasteiger partial charge on any atom is -0.325 e. The number of carbonyl (C=O) groups excluding carboxylic acids is 1. The summed E-state index contributed by atoms with van der Waals surface area (Å²) in [5.41, 5.74) is 1.21. The van der Waals surface area contributed by atoms with Crippen LogP contribution in [0.1, 0.15) is 24.4 Å². The van der Waals surface area contributed by atoms with Crippen LogP contribution in [0.25, 0.3) is 0 Å². The van der Waals surface area contributed by atoms with Gasteiger partial charge in [-0.2, -0.15) is 10.4 Å². The number of carbonyl (C=O) groups is 1. The molecule has 0 spiro atoms. The Morgan fingerprint density at radius 3 is 2.71 bits per heavy atom. The highest BCUT2D eigenvalue weighted by Gasteiger charge is 2.11. The van der Waals surface area contributed by atoms with Crippen LogP contribution in [-0.4, -0.2) is 27.2 Å². The molecule has 2 aromatic rings. The van der Waals surface area contributed by atoms with Crippen molar-refractivity contribution in [1.29, 1.82) is 5.26 Å². The number of aromatic nitrogens is 3. The van der Waals surface area contributed by atoms with E-state index in [1.807, 2.05) is 13.0 Å². The number of hydrogen-bond acceptors (Lipinski definition) is 5. The molecule has 0 aliphatic heterocycles. The fourth-order valence-corrected chi connectivity index (χ4v) is 1.72. The highest BCUT2D eigenvalue weighted by Crippen LogP contribution is 2.09. The fourth-order valence-electron chi connectivity index (χ4n) is 1.72. The van der Waals surface area contributed by atoms with Crippen molar-refractivity contribution in [2.75, 3.05) is 11.9 Å². The van der Waals surface area contributed by atoms with Crippen molar-refractivity contribution < 1.29 is 4.79 Å². The number of anilines is 1. The molecular formula is C14H16N6O. The van der Waals surface area contributed by atoms with Crippen molar-refractivity contribution in [3.05, 3.63) is 42.0 Å². The predicted octanol–water partition coefficient (Wildman–Crippen LogP) is 0.976. The summed E-state index contributed by atoms with van der Waals surface area (Å²) in [5, 5.41) is 18.7. The van der Waals surface area contributed by atoms with Crippen LogP contribution in [0.5, 0.6) is 0 Å². The molecule has 1 amide bonds. The van der Waals surface area contributed by atoms with Crippen molar-refractivity contribution in [2.24, 2.45) is 7.05 Å². The van der Waals surface area contributed by atoms with Gasteiger partial charge in [0.15, 0.2) is 5.82 Å². The molecule has 7 nitrogen and oxygen atoms in total. The zero-order chi connectivity index (χ0) is 15.2. The first-order chi connectivity index (χ1) is 10.1. The maximum atomic E-state index is 11.8. The van der Waals surface area contributed by atoms with Crippen molar-refractivity contribution in [1.82, 2.24) is 20.1 Å². The SMILES string of the molecule is CC(NCC(=O)Nc1ccc(C#N)cc1)c1ncn(C)n1. The van der Waals surface area contributed by atoms with E-state index in [1.54, 1.807) is 42.3 Å². The van der Waals surface area contributed by atoms with Gasteiger partial charge in [0.2, 0.25) is 5.91 Å². The second-order valence-electron chi connectivity index (χ2n) is 4.62.